The maximum Gasteiger partial charge on any atom is 0.274 e. The van der Waals surface area contributed by atoms with Crippen LogP contribution in [0.4, 0.5) is 0 Å². The second kappa shape index (κ2) is 10.7. The van der Waals surface area contributed by atoms with E-state index in [1.165, 1.54) is 6.07 Å². The fourth-order valence-corrected chi connectivity index (χ4v) is 3.27. The number of amides is 3. The van der Waals surface area contributed by atoms with Gasteiger partial charge in [-0.25, -0.2) is 0 Å². The van der Waals surface area contributed by atoms with E-state index in [1.54, 1.807) is 13.8 Å². The molecule has 1 aromatic heterocycles. The van der Waals surface area contributed by atoms with Gasteiger partial charge < -0.3 is 25.2 Å². The van der Waals surface area contributed by atoms with E-state index in [9.17, 15) is 19.2 Å². The molecule has 178 valence electrons. The second-order valence-electron chi connectivity index (χ2n) is 9.33. The fourth-order valence-electron chi connectivity index (χ4n) is 3.27. The number of ketones is 1. The number of epoxide rings is 1. The van der Waals surface area contributed by atoms with Crippen molar-refractivity contribution in [1.29, 1.82) is 0 Å². The Morgan fingerprint density at radius 2 is 1.66 bits per heavy atom. The Kier molecular flexibility index (Phi) is 8.54. The Bertz CT molecular complexity index is 843. The van der Waals surface area contributed by atoms with Gasteiger partial charge in [-0.2, -0.15) is 0 Å². The van der Waals surface area contributed by atoms with Crippen molar-refractivity contribution < 1.29 is 28.4 Å². The van der Waals surface area contributed by atoms with Crippen molar-refractivity contribution in [2.24, 2.45) is 11.8 Å². The molecular formula is C22H34N4O6. The van der Waals surface area contributed by atoms with Crippen LogP contribution in [0.15, 0.2) is 10.6 Å². The summed E-state index contributed by atoms with van der Waals surface area (Å²) in [7, 11) is 0. The van der Waals surface area contributed by atoms with Gasteiger partial charge in [0.25, 0.3) is 5.91 Å². The van der Waals surface area contributed by atoms with E-state index in [4.69, 9.17) is 9.26 Å². The number of aromatic nitrogens is 1. The smallest absolute Gasteiger partial charge is 0.274 e. The summed E-state index contributed by atoms with van der Waals surface area (Å²) in [5, 5.41) is 11.5. The Morgan fingerprint density at radius 1 is 1.06 bits per heavy atom. The van der Waals surface area contributed by atoms with Gasteiger partial charge in [0.2, 0.25) is 11.8 Å². The summed E-state index contributed by atoms with van der Waals surface area (Å²) in [5.74, 6) is -0.896. The highest BCUT2D eigenvalue weighted by atomic mass is 16.6. The SMILES string of the molecule is Cc1cc(C(=O)N[C@@H](CC(C)C)C(=O)NCC(=O)N[C@@H](CC(C)C)C(=O)[C@@]2(C)CO2)no1. The molecule has 3 N–H and O–H groups in total. The number of hydrogen-bond donors (Lipinski definition) is 3. The molecule has 2 rings (SSSR count). The number of Topliss-reactive ketones (excluding diaryl/α,β-unsaturated/α-hetero) is 1. The summed E-state index contributed by atoms with van der Waals surface area (Å²) in [6.07, 6.45) is 0.848. The molecule has 3 amide bonds. The first-order valence-electron chi connectivity index (χ1n) is 10.9. The molecule has 2 heterocycles. The molecule has 0 bridgehead atoms. The lowest BCUT2D eigenvalue weighted by Gasteiger charge is -2.22. The largest absolute Gasteiger partial charge is 0.361 e. The summed E-state index contributed by atoms with van der Waals surface area (Å²) in [6.45, 7) is 11.1. The lowest BCUT2D eigenvalue weighted by Crippen LogP contribution is -2.52. The number of hydrogen-bond acceptors (Lipinski definition) is 7. The average Bonchev–Trinajstić information content (AvgIpc) is 3.30. The van der Waals surface area contributed by atoms with E-state index in [1.807, 2.05) is 27.7 Å². The van der Waals surface area contributed by atoms with Crippen molar-refractivity contribution in [3.05, 3.63) is 17.5 Å². The van der Waals surface area contributed by atoms with Crippen LogP contribution in [0.1, 0.15) is 63.7 Å². The highest BCUT2D eigenvalue weighted by Gasteiger charge is 2.50. The van der Waals surface area contributed by atoms with E-state index in [2.05, 4.69) is 21.1 Å². The van der Waals surface area contributed by atoms with Gasteiger partial charge in [0.15, 0.2) is 11.5 Å². The van der Waals surface area contributed by atoms with Crippen molar-refractivity contribution in [3.63, 3.8) is 0 Å². The van der Waals surface area contributed by atoms with Crippen molar-refractivity contribution in [1.82, 2.24) is 21.1 Å². The number of nitrogens with zero attached hydrogens (tertiary/aromatic N) is 1. The van der Waals surface area contributed by atoms with Crippen LogP contribution in [-0.4, -0.2) is 59.5 Å². The van der Waals surface area contributed by atoms with Crippen LogP contribution < -0.4 is 16.0 Å². The molecule has 1 fully saturated rings. The third kappa shape index (κ3) is 7.44. The molecule has 1 aliphatic heterocycles. The first-order valence-corrected chi connectivity index (χ1v) is 10.9. The number of carbonyl (C=O) groups is 4. The maximum atomic E-state index is 12.7. The monoisotopic (exact) mass is 450 g/mol. The predicted molar refractivity (Wildman–Crippen MR) is 116 cm³/mol. The fraction of sp³-hybridized carbons (Fsp3) is 0.682. The molecule has 32 heavy (non-hydrogen) atoms. The number of rotatable bonds is 12. The third-order valence-electron chi connectivity index (χ3n) is 5.07. The van der Waals surface area contributed by atoms with E-state index >= 15 is 0 Å². The Balaban J connectivity index is 1.94. The molecule has 0 saturated carbocycles. The highest BCUT2D eigenvalue weighted by molar-refractivity contribution is 5.98. The van der Waals surface area contributed by atoms with Crippen molar-refractivity contribution in [2.75, 3.05) is 13.2 Å². The highest BCUT2D eigenvalue weighted by Crippen LogP contribution is 2.29. The standard InChI is InChI=1S/C22H34N4O6/c1-12(2)7-15(19(28)22(6)11-31-22)24-18(27)10-23-20(29)16(8-13(3)4)25-21(30)17-9-14(5)32-26-17/h9,12-13,15-16H,7-8,10-11H2,1-6H3,(H,23,29)(H,24,27)(H,25,30)/t15-,16-,22+/m0/s1. The minimum Gasteiger partial charge on any atom is -0.361 e. The van der Waals surface area contributed by atoms with Crippen molar-refractivity contribution in [2.45, 2.75) is 72.1 Å². The van der Waals surface area contributed by atoms with Crippen LogP contribution in [-0.2, 0) is 19.1 Å². The van der Waals surface area contributed by atoms with Gasteiger partial charge in [0, 0.05) is 6.07 Å². The Morgan fingerprint density at radius 3 is 2.16 bits per heavy atom. The first kappa shape index (κ1) is 25.5. The lowest BCUT2D eigenvalue weighted by molar-refractivity contribution is -0.131. The van der Waals surface area contributed by atoms with Crippen LogP contribution in [0.3, 0.4) is 0 Å². The van der Waals surface area contributed by atoms with Gasteiger partial charge in [-0.1, -0.05) is 32.9 Å². The van der Waals surface area contributed by atoms with Gasteiger partial charge in [0.1, 0.15) is 17.4 Å². The number of ether oxygens (including phenoxy) is 1. The molecule has 0 unspecified atom stereocenters. The van der Waals surface area contributed by atoms with Crippen molar-refractivity contribution >= 4 is 23.5 Å². The zero-order valence-corrected chi connectivity index (χ0v) is 19.6. The molecule has 0 spiro atoms. The third-order valence-corrected chi connectivity index (χ3v) is 5.07. The molecule has 0 radical (unpaired) electrons. The van der Waals surface area contributed by atoms with Crippen LogP contribution in [0.25, 0.3) is 0 Å². The molecule has 0 aromatic carbocycles. The second-order valence-corrected chi connectivity index (χ2v) is 9.33. The van der Waals surface area contributed by atoms with Gasteiger partial charge in [0.05, 0.1) is 19.2 Å². The minimum absolute atomic E-state index is 0.0765. The van der Waals surface area contributed by atoms with E-state index in [0.717, 1.165) is 0 Å². The first-order chi connectivity index (χ1) is 14.9. The van der Waals surface area contributed by atoms with Crippen LogP contribution in [0.5, 0.6) is 0 Å². The number of nitrogens with one attached hydrogen (secondary N) is 3. The normalized spacial score (nSPS) is 19.4. The molecule has 3 atom stereocenters. The van der Waals surface area contributed by atoms with Crippen LogP contribution in [0.2, 0.25) is 0 Å². The predicted octanol–water partition coefficient (Wildman–Crippen LogP) is 1.13. The average molecular weight is 451 g/mol. The quantitative estimate of drug-likeness (QED) is 0.405. The minimum atomic E-state index is -0.848. The van der Waals surface area contributed by atoms with Crippen LogP contribution in [0, 0.1) is 18.8 Å². The van der Waals surface area contributed by atoms with Gasteiger partial charge >= 0.3 is 0 Å². The van der Waals surface area contributed by atoms with E-state index in [0.29, 0.717) is 25.2 Å². The number of aryl methyl sites for hydroxylation is 1. The Labute approximate surface area is 188 Å². The van der Waals surface area contributed by atoms with E-state index in [-0.39, 0.29) is 29.9 Å². The van der Waals surface area contributed by atoms with E-state index < -0.39 is 35.4 Å². The Hall–Kier alpha value is -2.75. The molecular weight excluding hydrogens is 416 g/mol. The maximum absolute atomic E-state index is 12.7. The zero-order chi connectivity index (χ0) is 24.1. The molecule has 10 heteroatoms. The molecule has 1 saturated heterocycles. The lowest BCUT2D eigenvalue weighted by atomic mass is 9.93. The molecule has 1 aliphatic rings. The van der Waals surface area contributed by atoms with Crippen LogP contribution >= 0.6 is 0 Å². The van der Waals surface area contributed by atoms with Gasteiger partial charge in [-0.05, 0) is 38.5 Å². The van der Waals surface area contributed by atoms with Crippen molar-refractivity contribution in [3.8, 4) is 0 Å². The zero-order valence-electron chi connectivity index (χ0n) is 19.6. The number of carbonyl (C=O) groups excluding carboxylic acids is 4. The summed E-state index contributed by atoms with van der Waals surface area (Å²) in [6, 6.07) is -0.0593. The topological polar surface area (TPSA) is 143 Å². The molecule has 10 nitrogen and oxygen atoms in total. The van der Waals surface area contributed by atoms with Gasteiger partial charge in [-0.3, -0.25) is 19.2 Å². The molecule has 1 aromatic rings. The summed E-state index contributed by atoms with van der Waals surface area (Å²) in [5.41, 5.74) is -0.769. The molecule has 0 aliphatic carbocycles. The summed E-state index contributed by atoms with van der Waals surface area (Å²) >= 11 is 0. The summed E-state index contributed by atoms with van der Waals surface area (Å²) < 4.78 is 10.1. The summed E-state index contributed by atoms with van der Waals surface area (Å²) in [4.78, 5) is 50.1. The van der Waals surface area contributed by atoms with Gasteiger partial charge in [-0.15, -0.1) is 0 Å².